The zero-order chi connectivity index (χ0) is 24.2. The summed E-state index contributed by atoms with van der Waals surface area (Å²) >= 11 is 0. The van der Waals surface area contributed by atoms with E-state index in [1.54, 1.807) is 0 Å². The summed E-state index contributed by atoms with van der Waals surface area (Å²) in [6, 6.07) is 30.7. The van der Waals surface area contributed by atoms with Crippen LogP contribution in [0, 0.1) is 0 Å². The highest BCUT2D eigenvalue weighted by atomic mass is 16.1. The van der Waals surface area contributed by atoms with Crippen molar-refractivity contribution in [2.75, 3.05) is 0 Å². The molecule has 0 radical (unpaired) electrons. The van der Waals surface area contributed by atoms with Crippen LogP contribution < -0.4 is 0 Å². The third-order valence-electron chi connectivity index (χ3n) is 6.70. The molecule has 0 aliphatic rings. The number of ketones is 2. The van der Waals surface area contributed by atoms with Gasteiger partial charge in [0.25, 0.3) is 0 Å². The topological polar surface area (TPSA) is 39.1 Å². The third kappa shape index (κ3) is 4.54. The van der Waals surface area contributed by atoms with Crippen molar-refractivity contribution in [3.63, 3.8) is 0 Å². The summed E-state index contributed by atoms with van der Waals surface area (Å²) in [6.45, 7) is 3.13. The van der Waals surface area contributed by atoms with Gasteiger partial charge in [-0.15, -0.1) is 0 Å². The number of carbonyl (C=O) groups is 2. The van der Waals surface area contributed by atoms with Gasteiger partial charge < -0.3 is 4.57 Å². The summed E-state index contributed by atoms with van der Waals surface area (Å²) in [7, 11) is 0. The molecule has 5 aromatic rings. The minimum absolute atomic E-state index is 0.00728. The lowest BCUT2D eigenvalue weighted by Crippen LogP contribution is -2.02. The smallest absolute Gasteiger partial charge is 0.193 e. The number of rotatable bonds is 9. The second-order valence-corrected chi connectivity index (χ2v) is 9.07. The molecule has 1 aromatic heterocycles. The van der Waals surface area contributed by atoms with E-state index in [2.05, 4.69) is 23.6 Å². The number of hydrogen-bond donors (Lipinski definition) is 0. The fourth-order valence-corrected chi connectivity index (χ4v) is 4.84. The Morgan fingerprint density at radius 3 is 1.51 bits per heavy atom. The van der Waals surface area contributed by atoms with Gasteiger partial charge >= 0.3 is 0 Å². The van der Waals surface area contributed by atoms with Crippen molar-refractivity contribution in [2.24, 2.45) is 0 Å². The van der Waals surface area contributed by atoms with Crippen molar-refractivity contribution < 1.29 is 9.59 Å². The molecule has 0 aliphatic heterocycles. The monoisotopic (exact) mass is 459 g/mol. The second kappa shape index (κ2) is 10.1. The largest absolute Gasteiger partial charge is 0.340 e. The Balaban J connectivity index is 1.63. The molecule has 0 spiro atoms. The van der Waals surface area contributed by atoms with Gasteiger partial charge in [-0.3, -0.25) is 9.59 Å². The molecule has 3 nitrogen and oxygen atoms in total. The molecule has 4 aromatic carbocycles. The Hall–Kier alpha value is -3.98. The summed E-state index contributed by atoms with van der Waals surface area (Å²) < 4.78 is 2.34. The van der Waals surface area contributed by atoms with E-state index < -0.39 is 0 Å². The molecule has 1 heterocycles. The van der Waals surface area contributed by atoms with E-state index in [9.17, 15) is 9.59 Å². The van der Waals surface area contributed by atoms with Crippen LogP contribution in [0.4, 0.5) is 0 Å². The third-order valence-corrected chi connectivity index (χ3v) is 6.70. The van der Waals surface area contributed by atoms with Gasteiger partial charge in [0.1, 0.15) is 0 Å². The summed E-state index contributed by atoms with van der Waals surface area (Å²) in [5.41, 5.74) is 4.88. The van der Waals surface area contributed by atoms with Crippen LogP contribution in [0.3, 0.4) is 0 Å². The normalized spacial score (nSPS) is 11.2. The number of benzene rings is 4. The molecule has 0 saturated heterocycles. The van der Waals surface area contributed by atoms with Crippen LogP contribution in [-0.2, 0) is 6.54 Å². The van der Waals surface area contributed by atoms with E-state index in [1.165, 1.54) is 19.3 Å². The molecular weight excluding hydrogens is 430 g/mol. The van der Waals surface area contributed by atoms with Gasteiger partial charge in [-0.25, -0.2) is 0 Å². The van der Waals surface area contributed by atoms with Crippen LogP contribution in [0.15, 0.2) is 97.1 Å². The number of fused-ring (bicyclic) bond motifs is 3. The Morgan fingerprint density at radius 2 is 1.06 bits per heavy atom. The maximum atomic E-state index is 13.2. The molecule has 35 heavy (non-hydrogen) atoms. The first-order valence-corrected chi connectivity index (χ1v) is 12.4. The standard InChI is InChI=1S/C32H29NO2/c1-2-3-4-11-20-33-29-18-16-25(31(34)23-12-7-5-8-13-23)21-27(29)28-22-26(17-19-30(28)33)32(35)24-14-9-6-10-15-24/h5-10,12-19,21-22H,2-4,11,20H2,1H3. The fraction of sp³-hybridized carbons (Fsp3) is 0.188. The minimum Gasteiger partial charge on any atom is -0.340 e. The molecule has 0 saturated carbocycles. The lowest BCUT2D eigenvalue weighted by molar-refractivity contribution is 0.103. The average molecular weight is 460 g/mol. The van der Waals surface area contributed by atoms with Crippen molar-refractivity contribution in [1.82, 2.24) is 4.57 Å². The van der Waals surface area contributed by atoms with Crippen molar-refractivity contribution in [3.05, 3.63) is 119 Å². The fourth-order valence-electron chi connectivity index (χ4n) is 4.84. The second-order valence-electron chi connectivity index (χ2n) is 9.07. The molecule has 0 fully saturated rings. The molecule has 0 bridgehead atoms. The Kier molecular flexibility index (Phi) is 6.58. The van der Waals surface area contributed by atoms with Crippen LogP contribution in [0.2, 0.25) is 0 Å². The van der Waals surface area contributed by atoms with Crippen LogP contribution in [-0.4, -0.2) is 16.1 Å². The predicted octanol–water partition coefficient (Wildman–Crippen LogP) is 7.84. The molecule has 0 N–H and O–H groups in total. The highest BCUT2D eigenvalue weighted by molar-refractivity contribution is 6.17. The van der Waals surface area contributed by atoms with E-state index in [0.29, 0.717) is 22.3 Å². The number of hydrogen-bond acceptors (Lipinski definition) is 2. The molecule has 3 heteroatoms. The van der Waals surface area contributed by atoms with Crippen molar-refractivity contribution in [2.45, 2.75) is 39.2 Å². The predicted molar refractivity (Wildman–Crippen MR) is 143 cm³/mol. The molecule has 174 valence electrons. The van der Waals surface area contributed by atoms with Gasteiger partial charge in [0.2, 0.25) is 0 Å². The highest BCUT2D eigenvalue weighted by Crippen LogP contribution is 2.32. The number of unbranched alkanes of at least 4 members (excludes halogenated alkanes) is 3. The first-order chi connectivity index (χ1) is 17.2. The quantitative estimate of drug-likeness (QED) is 0.166. The summed E-state index contributed by atoms with van der Waals surface area (Å²) in [4.78, 5) is 26.4. The van der Waals surface area contributed by atoms with Gasteiger partial charge in [0.15, 0.2) is 11.6 Å². The number of aromatic nitrogens is 1. The van der Waals surface area contributed by atoms with Crippen LogP contribution in [0.25, 0.3) is 21.8 Å². The first kappa shape index (κ1) is 22.8. The number of aryl methyl sites for hydroxylation is 1. The Bertz CT molecular complexity index is 1390. The van der Waals surface area contributed by atoms with E-state index >= 15 is 0 Å². The van der Waals surface area contributed by atoms with Gasteiger partial charge in [-0.05, 0) is 42.8 Å². The molecule has 0 amide bonds. The number of nitrogens with zero attached hydrogens (tertiary/aromatic N) is 1. The van der Waals surface area contributed by atoms with Gasteiger partial charge in [0.05, 0.1) is 0 Å². The van der Waals surface area contributed by atoms with Crippen LogP contribution in [0.5, 0.6) is 0 Å². The lowest BCUT2D eigenvalue weighted by Gasteiger charge is -2.08. The summed E-state index contributed by atoms with van der Waals surface area (Å²) in [5, 5.41) is 2.03. The zero-order valence-electron chi connectivity index (χ0n) is 20.0. The van der Waals surface area contributed by atoms with Crippen LogP contribution >= 0.6 is 0 Å². The average Bonchev–Trinajstić information content (AvgIpc) is 3.23. The highest BCUT2D eigenvalue weighted by Gasteiger charge is 2.17. The van der Waals surface area contributed by atoms with Gasteiger partial charge in [-0.2, -0.15) is 0 Å². The van der Waals surface area contributed by atoms with Crippen molar-refractivity contribution >= 4 is 33.4 Å². The molecular formula is C32H29NO2. The molecule has 0 atom stereocenters. The Labute approximate surface area is 206 Å². The van der Waals surface area contributed by atoms with E-state index in [1.807, 2.05) is 84.9 Å². The maximum absolute atomic E-state index is 13.2. The van der Waals surface area contributed by atoms with Crippen molar-refractivity contribution in [3.8, 4) is 0 Å². The van der Waals surface area contributed by atoms with Gasteiger partial charge in [-0.1, -0.05) is 86.8 Å². The van der Waals surface area contributed by atoms with E-state index in [4.69, 9.17) is 0 Å². The zero-order valence-corrected chi connectivity index (χ0v) is 20.0. The van der Waals surface area contributed by atoms with Crippen molar-refractivity contribution in [1.29, 1.82) is 0 Å². The SMILES string of the molecule is CCCCCCn1c2ccc(C(=O)c3ccccc3)cc2c2cc(C(=O)c3ccccc3)ccc21. The summed E-state index contributed by atoms with van der Waals surface area (Å²) in [6.07, 6.45) is 4.71. The maximum Gasteiger partial charge on any atom is 0.193 e. The van der Waals surface area contributed by atoms with Gasteiger partial charge in [0, 0.05) is 50.6 Å². The minimum atomic E-state index is 0.00728. The summed E-state index contributed by atoms with van der Waals surface area (Å²) in [5.74, 6) is 0.0146. The molecule has 5 rings (SSSR count). The van der Waals surface area contributed by atoms with Crippen LogP contribution in [0.1, 0.15) is 64.4 Å². The first-order valence-electron chi connectivity index (χ1n) is 12.4. The Morgan fingerprint density at radius 1 is 0.571 bits per heavy atom. The number of carbonyl (C=O) groups excluding carboxylic acids is 2. The van der Waals surface area contributed by atoms with E-state index in [0.717, 1.165) is 34.8 Å². The molecule has 0 aliphatic carbocycles. The molecule has 0 unspecified atom stereocenters. The lowest BCUT2D eigenvalue weighted by atomic mass is 9.99. The van der Waals surface area contributed by atoms with E-state index in [-0.39, 0.29) is 11.6 Å².